The molecular formula is C15H21NO. The summed E-state index contributed by atoms with van der Waals surface area (Å²) in [6.45, 7) is 5.54. The minimum absolute atomic E-state index is 0.0950. The summed E-state index contributed by atoms with van der Waals surface area (Å²) in [4.78, 5) is 2.51. The summed E-state index contributed by atoms with van der Waals surface area (Å²) in [5.74, 6) is 0.857. The van der Waals surface area contributed by atoms with Crippen molar-refractivity contribution >= 4 is 0 Å². The minimum atomic E-state index is 0.0950. The number of hydrogen-bond acceptors (Lipinski definition) is 2. The fourth-order valence-corrected chi connectivity index (χ4v) is 2.84. The molecule has 2 saturated heterocycles. The van der Waals surface area contributed by atoms with E-state index in [0.29, 0.717) is 0 Å². The summed E-state index contributed by atoms with van der Waals surface area (Å²) < 4.78 is 5.51. The molecule has 2 nitrogen and oxygen atoms in total. The smallest absolute Gasteiger partial charge is 0.142 e. The predicted molar refractivity (Wildman–Crippen MR) is 68.8 cm³/mol. The SMILES string of the molecule is CC1(N2CCC(Cc3ccccc3)CC2)CO1. The van der Waals surface area contributed by atoms with Crippen LogP contribution in [0.3, 0.4) is 0 Å². The summed E-state index contributed by atoms with van der Waals surface area (Å²) >= 11 is 0. The Morgan fingerprint density at radius 1 is 1.24 bits per heavy atom. The topological polar surface area (TPSA) is 15.8 Å². The lowest BCUT2D eigenvalue weighted by Gasteiger charge is -2.34. The summed E-state index contributed by atoms with van der Waals surface area (Å²) in [5, 5.41) is 0. The molecule has 2 aliphatic rings. The standard InChI is InChI=1S/C15H21NO/c1-15(12-17-15)16-9-7-14(8-10-16)11-13-5-3-2-4-6-13/h2-6,14H,7-12H2,1H3. The van der Waals surface area contributed by atoms with Crippen LogP contribution in [0.15, 0.2) is 30.3 Å². The monoisotopic (exact) mass is 231 g/mol. The molecular weight excluding hydrogens is 210 g/mol. The van der Waals surface area contributed by atoms with Gasteiger partial charge in [0.2, 0.25) is 0 Å². The van der Waals surface area contributed by atoms with Gasteiger partial charge in [-0.2, -0.15) is 0 Å². The van der Waals surface area contributed by atoms with Crippen LogP contribution in [0, 0.1) is 5.92 Å². The summed E-state index contributed by atoms with van der Waals surface area (Å²) in [5.41, 5.74) is 1.58. The first kappa shape index (κ1) is 11.2. The van der Waals surface area contributed by atoms with Gasteiger partial charge in [-0.25, -0.2) is 0 Å². The predicted octanol–water partition coefficient (Wildman–Crippen LogP) is 2.69. The Kier molecular flexibility index (Phi) is 2.93. The highest BCUT2D eigenvalue weighted by Crippen LogP contribution is 2.34. The highest BCUT2D eigenvalue weighted by atomic mass is 16.6. The Morgan fingerprint density at radius 2 is 1.88 bits per heavy atom. The number of rotatable bonds is 3. The maximum absolute atomic E-state index is 5.51. The van der Waals surface area contributed by atoms with Gasteiger partial charge >= 0.3 is 0 Å². The third-order valence-corrected chi connectivity index (χ3v) is 4.21. The first-order valence-corrected chi connectivity index (χ1v) is 6.69. The molecule has 2 heteroatoms. The molecule has 1 aromatic rings. The fraction of sp³-hybridized carbons (Fsp3) is 0.600. The molecule has 0 bridgehead atoms. The fourth-order valence-electron chi connectivity index (χ4n) is 2.84. The summed E-state index contributed by atoms with van der Waals surface area (Å²) in [6, 6.07) is 10.9. The lowest BCUT2D eigenvalue weighted by molar-refractivity contribution is 0.0573. The van der Waals surface area contributed by atoms with Gasteiger partial charge in [-0.05, 0) is 37.7 Å². The Bertz CT molecular complexity index is 364. The van der Waals surface area contributed by atoms with E-state index >= 15 is 0 Å². The molecule has 1 unspecified atom stereocenters. The lowest BCUT2D eigenvalue weighted by Crippen LogP contribution is -2.42. The van der Waals surface area contributed by atoms with Gasteiger partial charge in [0.05, 0.1) is 6.61 Å². The third-order valence-electron chi connectivity index (χ3n) is 4.21. The van der Waals surface area contributed by atoms with E-state index in [-0.39, 0.29) is 5.72 Å². The van der Waals surface area contributed by atoms with Crippen LogP contribution in [-0.2, 0) is 11.2 Å². The van der Waals surface area contributed by atoms with Gasteiger partial charge in [0.25, 0.3) is 0 Å². The van der Waals surface area contributed by atoms with Crippen molar-refractivity contribution in [2.45, 2.75) is 31.9 Å². The normalized spacial score (nSPS) is 30.4. The van der Waals surface area contributed by atoms with Crippen molar-refractivity contribution < 1.29 is 4.74 Å². The molecule has 0 amide bonds. The number of piperidine rings is 1. The number of ether oxygens (including phenoxy) is 1. The van der Waals surface area contributed by atoms with Crippen molar-refractivity contribution in [3.8, 4) is 0 Å². The van der Waals surface area contributed by atoms with Crippen molar-refractivity contribution in [2.24, 2.45) is 5.92 Å². The van der Waals surface area contributed by atoms with Gasteiger partial charge in [-0.1, -0.05) is 30.3 Å². The van der Waals surface area contributed by atoms with E-state index in [1.54, 1.807) is 0 Å². The first-order valence-electron chi connectivity index (χ1n) is 6.69. The van der Waals surface area contributed by atoms with Crippen LogP contribution in [-0.4, -0.2) is 30.3 Å². The van der Waals surface area contributed by atoms with Crippen LogP contribution in [0.1, 0.15) is 25.3 Å². The molecule has 0 aromatic heterocycles. The highest BCUT2D eigenvalue weighted by Gasteiger charge is 2.46. The van der Waals surface area contributed by atoms with Crippen LogP contribution in [0.25, 0.3) is 0 Å². The van der Waals surface area contributed by atoms with Crippen LogP contribution < -0.4 is 0 Å². The Hall–Kier alpha value is -0.860. The molecule has 0 radical (unpaired) electrons. The third kappa shape index (κ3) is 2.53. The van der Waals surface area contributed by atoms with Crippen molar-refractivity contribution in [1.82, 2.24) is 4.90 Å². The number of nitrogens with zero attached hydrogens (tertiary/aromatic N) is 1. The van der Waals surface area contributed by atoms with Crippen LogP contribution in [0.4, 0.5) is 0 Å². The zero-order chi connectivity index (χ0) is 11.7. The molecule has 1 atom stereocenters. The van der Waals surface area contributed by atoms with Crippen molar-refractivity contribution in [3.63, 3.8) is 0 Å². The maximum Gasteiger partial charge on any atom is 0.142 e. The van der Waals surface area contributed by atoms with E-state index in [4.69, 9.17) is 4.74 Å². The molecule has 1 aromatic carbocycles. The second-order valence-electron chi connectivity index (χ2n) is 5.58. The highest BCUT2D eigenvalue weighted by molar-refractivity contribution is 5.15. The van der Waals surface area contributed by atoms with E-state index in [0.717, 1.165) is 12.5 Å². The van der Waals surface area contributed by atoms with Crippen LogP contribution in [0.2, 0.25) is 0 Å². The average molecular weight is 231 g/mol. The quantitative estimate of drug-likeness (QED) is 0.743. The van der Waals surface area contributed by atoms with Gasteiger partial charge in [0.1, 0.15) is 5.72 Å². The van der Waals surface area contributed by atoms with Gasteiger partial charge in [0.15, 0.2) is 0 Å². The molecule has 2 fully saturated rings. The molecule has 92 valence electrons. The van der Waals surface area contributed by atoms with Crippen molar-refractivity contribution in [3.05, 3.63) is 35.9 Å². The second kappa shape index (κ2) is 4.43. The van der Waals surface area contributed by atoms with E-state index in [1.165, 1.54) is 37.9 Å². The molecule has 2 heterocycles. The molecule has 0 aliphatic carbocycles. The van der Waals surface area contributed by atoms with E-state index in [9.17, 15) is 0 Å². The molecule has 0 N–H and O–H groups in total. The Balaban J connectivity index is 1.52. The number of likely N-dealkylation sites (tertiary alicyclic amines) is 1. The van der Waals surface area contributed by atoms with Gasteiger partial charge in [0, 0.05) is 13.1 Å². The molecule has 0 saturated carbocycles. The average Bonchev–Trinajstić information content (AvgIpc) is 3.11. The number of epoxide rings is 1. The van der Waals surface area contributed by atoms with Crippen molar-refractivity contribution in [1.29, 1.82) is 0 Å². The number of benzene rings is 1. The number of hydrogen-bond donors (Lipinski definition) is 0. The molecule has 2 aliphatic heterocycles. The summed E-state index contributed by atoms with van der Waals surface area (Å²) in [6.07, 6.45) is 3.87. The Morgan fingerprint density at radius 3 is 2.47 bits per heavy atom. The molecule has 17 heavy (non-hydrogen) atoms. The van der Waals surface area contributed by atoms with E-state index in [1.807, 2.05) is 0 Å². The van der Waals surface area contributed by atoms with Crippen LogP contribution in [0.5, 0.6) is 0 Å². The lowest BCUT2D eigenvalue weighted by atomic mass is 9.90. The second-order valence-corrected chi connectivity index (χ2v) is 5.58. The van der Waals surface area contributed by atoms with Gasteiger partial charge < -0.3 is 4.74 Å². The van der Waals surface area contributed by atoms with Crippen molar-refractivity contribution in [2.75, 3.05) is 19.7 Å². The zero-order valence-electron chi connectivity index (χ0n) is 10.6. The molecule has 3 rings (SSSR count). The summed E-state index contributed by atoms with van der Waals surface area (Å²) in [7, 11) is 0. The molecule has 0 spiro atoms. The van der Waals surface area contributed by atoms with E-state index < -0.39 is 0 Å². The zero-order valence-corrected chi connectivity index (χ0v) is 10.6. The largest absolute Gasteiger partial charge is 0.354 e. The first-order chi connectivity index (χ1) is 8.26. The van der Waals surface area contributed by atoms with Gasteiger partial charge in [-0.3, -0.25) is 4.90 Å². The minimum Gasteiger partial charge on any atom is -0.354 e. The van der Waals surface area contributed by atoms with E-state index in [2.05, 4.69) is 42.2 Å². The van der Waals surface area contributed by atoms with Gasteiger partial charge in [-0.15, -0.1) is 0 Å². The maximum atomic E-state index is 5.51. The Labute approximate surface area is 104 Å². The van der Waals surface area contributed by atoms with Crippen LogP contribution >= 0.6 is 0 Å².